The molecule has 0 aliphatic carbocycles. The van der Waals surface area contributed by atoms with Gasteiger partial charge in [-0.25, -0.2) is 4.98 Å². The van der Waals surface area contributed by atoms with Gasteiger partial charge in [0.1, 0.15) is 11.9 Å². The highest BCUT2D eigenvalue weighted by molar-refractivity contribution is 7.12. The molecule has 21 heavy (non-hydrogen) atoms. The summed E-state index contributed by atoms with van der Waals surface area (Å²) in [6.45, 7) is 2.85. The number of hydrogen-bond acceptors (Lipinski definition) is 4. The Morgan fingerprint density at radius 1 is 1.19 bits per heavy atom. The number of hydrogen-bond donors (Lipinski definition) is 1. The molecule has 2 heterocycles. The van der Waals surface area contributed by atoms with Gasteiger partial charge in [0, 0.05) is 15.1 Å². The molecule has 3 rings (SSSR count). The molecule has 0 aliphatic heterocycles. The summed E-state index contributed by atoms with van der Waals surface area (Å²) in [6.07, 6.45) is 1.06. The van der Waals surface area contributed by atoms with Crippen molar-refractivity contribution in [2.45, 2.75) is 19.9 Å². The van der Waals surface area contributed by atoms with Gasteiger partial charge in [-0.2, -0.15) is 5.26 Å². The summed E-state index contributed by atoms with van der Waals surface area (Å²) < 4.78 is 0. The second-order valence-electron chi connectivity index (χ2n) is 4.76. The number of rotatable bonds is 4. The van der Waals surface area contributed by atoms with Gasteiger partial charge in [-0.15, -0.1) is 11.3 Å². The van der Waals surface area contributed by atoms with Crippen LogP contribution in [0, 0.1) is 11.3 Å². The molecule has 0 spiro atoms. The van der Waals surface area contributed by atoms with Gasteiger partial charge < -0.3 is 5.32 Å². The first-order valence-electron chi connectivity index (χ1n) is 6.91. The average Bonchev–Trinajstić information content (AvgIpc) is 3.00. The van der Waals surface area contributed by atoms with Crippen molar-refractivity contribution in [2.75, 3.05) is 5.32 Å². The van der Waals surface area contributed by atoms with Crippen molar-refractivity contribution in [1.82, 2.24) is 4.98 Å². The third-order valence-electron chi connectivity index (χ3n) is 3.34. The third kappa shape index (κ3) is 2.88. The molecule has 0 atom stereocenters. The van der Waals surface area contributed by atoms with Crippen molar-refractivity contribution in [2.24, 2.45) is 0 Å². The first-order valence-corrected chi connectivity index (χ1v) is 7.73. The second-order valence-corrected chi connectivity index (χ2v) is 6.02. The molecule has 0 aliphatic rings. The molecule has 0 saturated carbocycles. The summed E-state index contributed by atoms with van der Waals surface area (Å²) in [5.74, 6) is 0.655. The van der Waals surface area contributed by atoms with E-state index in [1.165, 1.54) is 9.75 Å². The lowest BCUT2D eigenvalue weighted by atomic mass is 10.1. The quantitative estimate of drug-likeness (QED) is 0.778. The van der Waals surface area contributed by atoms with Crippen LogP contribution in [0.3, 0.4) is 0 Å². The molecule has 0 saturated heterocycles. The molecule has 0 amide bonds. The zero-order valence-corrected chi connectivity index (χ0v) is 12.6. The van der Waals surface area contributed by atoms with Crippen LogP contribution in [0.15, 0.2) is 42.5 Å². The van der Waals surface area contributed by atoms with E-state index in [-0.39, 0.29) is 0 Å². The molecule has 0 unspecified atom stereocenters. The number of anilines is 1. The van der Waals surface area contributed by atoms with Gasteiger partial charge in [0.2, 0.25) is 0 Å². The Bertz CT molecular complexity index is 814. The number of benzene rings is 1. The first-order chi connectivity index (χ1) is 10.3. The smallest absolute Gasteiger partial charge is 0.144 e. The summed E-state index contributed by atoms with van der Waals surface area (Å²) >= 11 is 1.80. The van der Waals surface area contributed by atoms with Crippen molar-refractivity contribution in [3.05, 3.63) is 57.8 Å². The lowest BCUT2D eigenvalue weighted by molar-refractivity contribution is 1.15. The number of para-hydroxylation sites is 1. The molecule has 3 nitrogen and oxygen atoms in total. The van der Waals surface area contributed by atoms with Crippen LogP contribution in [0.4, 0.5) is 5.82 Å². The number of nitriles is 1. The van der Waals surface area contributed by atoms with Gasteiger partial charge in [-0.1, -0.05) is 25.1 Å². The summed E-state index contributed by atoms with van der Waals surface area (Å²) in [4.78, 5) is 7.19. The zero-order valence-electron chi connectivity index (χ0n) is 11.8. The number of nitrogens with one attached hydrogen (secondary N) is 1. The van der Waals surface area contributed by atoms with Crippen LogP contribution in [0.2, 0.25) is 0 Å². The van der Waals surface area contributed by atoms with Gasteiger partial charge >= 0.3 is 0 Å². The van der Waals surface area contributed by atoms with Crippen LogP contribution in [0.5, 0.6) is 0 Å². The van der Waals surface area contributed by atoms with Gasteiger partial charge in [0.25, 0.3) is 0 Å². The highest BCUT2D eigenvalue weighted by atomic mass is 32.1. The highest BCUT2D eigenvalue weighted by Crippen LogP contribution is 2.22. The Hall–Kier alpha value is -2.38. The Balaban J connectivity index is 1.87. The Morgan fingerprint density at radius 2 is 2.00 bits per heavy atom. The fourth-order valence-electron chi connectivity index (χ4n) is 2.21. The van der Waals surface area contributed by atoms with Crippen LogP contribution >= 0.6 is 11.3 Å². The van der Waals surface area contributed by atoms with E-state index in [1.807, 2.05) is 30.3 Å². The van der Waals surface area contributed by atoms with E-state index in [0.717, 1.165) is 17.3 Å². The summed E-state index contributed by atoms with van der Waals surface area (Å²) in [6, 6.07) is 16.2. The minimum atomic E-state index is 0.584. The summed E-state index contributed by atoms with van der Waals surface area (Å²) in [5, 5.41) is 13.6. The van der Waals surface area contributed by atoms with E-state index >= 15 is 0 Å². The van der Waals surface area contributed by atoms with Crippen molar-refractivity contribution < 1.29 is 0 Å². The molecule has 1 aromatic carbocycles. The average molecular weight is 293 g/mol. The van der Waals surface area contributed by atoms with E-state index < -0.39 is 0 Å². The minimum absolute atomic E-state index is 0.584. The van der Waals surface area contributed by atoms with Gasteiger partial charge in [0.05, 0.1) is 17.6 Å². The predicted octanol–water partition coefficient (Wildman–Crippen LogP) is 4.34. The van der Waals surface area contributed by atoms with Crippen molar-refractivity contribution in [1.29, 1.82) is 5.26 Å². The second kappa shape index (κ2) is 5.94. The molecule has 104 valence electrons. The molecule has 1 N–H and O–H groups in total. The van der Waals surface area contributed by atoms with Crippen LogP contribution in [0.25, 0.3) is 10.9 Å². The monoisotopic (exact) mass is 293 g/mol. The summed E-state index contributed by atoms with van der Waals surface area (Å²) in [7, 11) is 0. The Labute approximate surface area is 127 Å². The van der Waals surface area contributed by atoms with Crippen LogP contribution in [0.1, 0.15) is 22.2 Å². The van der Waals surface area contributed by atoms with E-state index in [4.69, 9.17) is 0 Å². The lowest BCUT2D eigenvalue weighted by Crippen LogP contribution is -2.02. The third-order valence-corrected chi connectivity index (χ3v) is 4.57. The van der Waals surface area contributed by atoms with Crippen molar-refractivity contribution >= 4 is 28.1 Å². The number of aryl methyl sites for hydroxylation is 1. The minimum Gasteiger partial charge on any atom is -0.364 e. The normalized spacial score (nSPS) is 10.5. The van der Waals surface area contributed by atoms with E-state index in [1.54, 1.807) is 11.3 Å². The van der Waals surface area contributed by atoms with Crippen LogP contribution in [-0.2, 0) is 13.0 Å². The standard InChI is InChI=1S/C17H15N3S/c1-2-14-7-8-15(21-14)11-19-17-13(10-18)9-12-5-3-4-6-16(12)20-17/h3-9H,2,11H2,1H3,(H,19,20). The molecule has 4 heteroatoms. The Kier molecular flexibility index (Phi) is 3.85. The molecule has 3 aromatic rings. The first kappa shape index (κ1) is 13.6. The number of aromatic nitrogens is 1. The molecular formula is C17H15N3S. The summed E-state index contributed by atoms with van der Waals surface area (Å²) in [5.41, 5.74) is 1.49. The van der Waals surface area contributed by atoms with Gasteiger partial charge in [-0.3, -0.25) is 0 Å². The maximum atomic E-state index is 9.29. The number of thiophene rings is 1. The van der Waals surface area contributed by atoms with Crippen molar-refractivity contribution in [3.63, 3.8) is 0 Å². The maximum absolute atomic E-state index is 9.29. The van der Waals surface area contributed by atoms with Gasteiger partial charge in [-0.05, 0) is 30.7 Å². The van der Waals surface area contributed by atoms with E-state index in [2.05, 4.69) is 35.4 Å². The number of nitrogens with zero attached hydrogens (tertiary/aromatic N) is 2. The van der Waals surface area contributed by atoms with Crippen LogP contribution < -0.4 is 5.32 Å². The van der Waals surface area contributed by atoms with Crippen LogP contribution in [-0.4, -0.2) is 4.98 Å². The SMILES string of the molecule is CCc1ccc(CNc2nc3ccccc3cc2C#N)s1. The predicted molar refractivity (Wildman–Crippen MR) is 87.5 cm³/mol. The molecule has 0 radical (unpaired) electrons. The number of pyridine rings is 1. The lowest BCUT2D eigenvalue weighted by Gasteiger charge is -2.07. The fraction of sp³-hybridized carbons (Fsp3) is 0.176. The molecule has 0 bridgehead atoms. The van der Waals surface area contributed by atoms with Crippen molar-refractivity contribution in [3.8, 4) is 6.07 Å². The zero-order chi connectivity index (χ0) is 14.7. The topological polar surface area (TPSA) is 48.7 Å². The number of fused-ring (bicyclic) bond motifs is 1. The highest BCUT2D eigenvalue weighted by Gasteiger charge is 2.07. The maximum Gasteiger partial charge on any atom is 0.144 e. The molecular weight excluding hydrogens is 278 g/mol. The van der Waals surface area contributed by atoms with Gasteiger partial charge in [0.15, 0.2) is 0 Å². The largest absolute Gasteiger partial charge is 0.364 e. The fourth-order valence-corrected chi connectivity index (χ4v) is 3.11. The molecule has 2 aromatic heterocycles. The van der Waals surface area contributed by atoms with E-state index in [9.17, 15) is 5.26 Å². The van der Waals surface area contributed by atoms with E-state index in [0.29, 0.717) is 17.9 Å². The molecule has 0 fully saturated rings. The Morgan fingerprint density at radius 3 is 2.76 bits per heavy atom.